The lowest BCUT2D eigenvalue weighted by molar-refractivity contribution is -0.384. The quantitative estimate of drug-likeness (QED) is 0.568. The molecule has 1 aromatic rings. The molecule has 1 radical (unpaired) electrons. The summed E-state index contributed by atoms with van der Waals surface area (Å²) >= 11 is 0. The molecule has 0 saturated carbocycles. The van der Waals surface area contributed by atoms with E-state index in [1.165, 1.54) is 12.1 Å². The molecule has 0 aliphatic heterocycles. The van der Waals surface area contributed by atoms with E-state index in [0.717, 1.165) is 18.4 Å². The lowest BCUT2D eigenvalue weighted by Gasteiger charge is -2.12. The summed E-state index contributed by atoms with van der Waals surface area (Å²) in [4.78, 5) is 10.2. The van der Waals surface area contributed by atoms with Gasteiger partial charge in [0.2, 0.25) is 0 Å². The molecule has 1 atom stereocenters. The molecule has 0 heterocycles. The van der Waals surface area contributed by atoms with Gasteiger partial charge in [0.05, 0.1) is 11.6 Å². The second-order valence-electron chi connectivity index (χ2n) is 3.74. The lowest BCUT2D eigenvalue weighted by atomic mass is 9.93. The largest absolute Gasteiger partial charge is 0.269 e. The second kappa shape index (κ2) is 5.58. The Morgan fingerprint density at radius 1 is 1.56 bits per heavy atom. The van der Waals surface area contributed by atoms with Crippen LogP contribution in [0.15, 0.2) is 18.2 Å². The monoisotopic (exact) mass is 224 g/mol. The summed E-state index contributed by atoms with van der Waals surface area (Å²) in [6.45, 7) is 5.09. The van der Waals surface area contributed by atoms with Crippen molar-refractivity contribution in [3.05, 3.63) is 46.4 Å². The first-order chi connectivity index (χ1) is 7.60. The van der Waals surface area contributed by atoms with Gasteiger partial charge in [-0.15, -0.1) is 0 Å². The van der Waals surface area contributed by atoms with E-state index < -0.39 is 17.5 Å². The van der Waals surface area contributed by atoms with E-state index in [4.69, 9.17) is 0 Å². The lowest BCUT2D eigenvalue weighted by Crippen LogP contribution is -2.03. The number of nitrogens with zero attached hydrogens (tertiary/aromatic N) is 1. The van der Waals surface area contributed by atoms with Crippen molar-refractivity contribution in [1.82, 2.24) is 0 Å². The Morgan fingerprint density at radius 3 is 2.75 bits per heavy atom. The normalized spacial score (nSPS) is 12.4. The van der Waals surface area contributed by atoms with E-state index in [0.29, 0.717) is 5.56 Å². The van der Waals surface area contributed by atoms with Crippen LogP contribution in [-0.4, -0.2) is 11.6 Å². The van der Waals surface area contributed by atoms with Crippen LogP contribution < -0.4 is 0 Å². The minimum Gasteiger partial charge on any atom is -0.258 e. The molecule has 87 valence electrons. The van der Waals surface area contributed by atoms with E-state index in [9.17, 15) is 14.5 Å². The molecule has 4 heteroatoms. The highest BCUT2D eigenvalue weighted by Crippen LogP contribution is 2.26. The van der Waals surface area contributed by atoms with Gasteiger partial charge in [-0.1, -0.05) is 19.4 Å². The molecule has 0 aliphatic rings. The van der Waals surface area contributed by atoms with Gasteiger partial charge >= 0.3 is 0 Å². The third kappa shape index (κ3) is 2.78. The van der Waals surface area contributed by atoms with Gasteiger partial charge in [0.15, 0.2) is 0 Å². The predicted octanol–water partition coefficient (Wildman–Crippen LogP) is 3.43. The van der Waals surface area contributed by atoms with Crippen LogP contribution in [0.3, 0.4) is 0 Å². The van der Waals surface area contributed by atoms with Crippen molar-refractivity contribution in [2.45, 2.75) is 25.7 Å². The fraction of sp³-hybridized carbons (Fsp3) is 0.417. The molecule has 0 amide bonds. The topological polar surface area (TPSA) is 43.1 Å². The van der Waals surface area contributed by atoms with Crippen molar-refractivity contribution < 1.29 is 9.31 Å². The minimum atomic E-state index is -0.599. The van der Waals surface area contributed by atoms with Crippen LogP contribution in [0.5, 0.6) is 0 Å². The molecule has 0 spiro atoms. The Hall–Kier alpha value is -1.45. The summed E-state index contributed by atoms with van der Waals surface area (Å²) in [6.07, 6.45) is 1.71. The number of hydrogen-bond acceptors (Lipinski definition) is 2. The maximum absolute atomic E-state index is 12.6. The molecule has 1 rings (SSSR count). The van der Waals surface area contributed by atoms with Crippen LogP contribution in [0.2, 0.25) is 0 Å². The predicted molar refractivity (Wildman–Crippen MR) is 61.2 cm³/mol. The molecule has 0 aromatic heterocycles. The van der Waals surface area contributed by atoms with Gasteiger partial charge in [-0.3, -0.25) is 14.5 Å². The van der Waals surface area contributed by atoms with Crippen molar-refractivity contribution in [1.29, 1.82) is 0 Å². The number of rotatable bonds is 5. The Balaban J connectivity index is 3.15. The number of halogens is 1. The summed E-state index contributed by atoms with van der Waals surface area (Å²) in [5.41, 5.74) is 1.60. The third-order valence-electron chi connectivity index (χ3n) is 2.49. The fourth-order valence-electron chi connectivity index (χ4n) is 1.66. The highest BCUT2D eigenvalue weighted by molar-refractivity contribution is 5.42. The summed E-state index contributed by atoms with van der Waals surface area (Å²) in [5, 5.41) is 10.6. The molecule has 0 saturated heterocycles. The van der Waals surface area contributed by atoms with Gasteiger partial charge in [-0.05, 0) is 24.5 Å². The highest BCUT2D eigenvalue weighted by atomic mass is 19.1. The van der Waals surface area contributed by atoms with Gasteiger partial charge < -0.3 is 0 Å². The van der Waals surface area contributed by atoms with Gasteiger partial charge in [-0.2, -0.15) is 0 Å². The van der Waals surface area contributed by atoms with Crippen molar-refractivity contribution in [2.24, 2.45) is 0 Å². The fourth-order valence-corrected chi connectivity index (χ4v) is 1.66. The summed E-state index contributed by atoms with van der Waals surface area (Å²) in [6, 6.07) is 4.59. The van der Waals surface area contributed by atoms with Crippen LogP contribution >= 0.6 is 0 Å². The molecule has 1 aromatic carbocycles. The van der Waals surface area contributed by atoms with Crippen LogP contribution in [0, 0.1) is 17.0 Å². The maximum Gasteiger partial charge on any atom is 0.269 e. The molecule has 0 bridgehead atoms. The summed E-state index contributed by atoms with van der Waals surface area (Å²) < 4.78 is 12.6. The molecular weight excluding hydrogens is 209 g/mol. The molecule has 0 N–H and O–H groups in total. The van der Waals surface area contributed by atoms with E-state index in [2.05, 4.69) is 6.92 Å². The standard InChI is InChI=1S/C12H15FNO2/c1-3-4-10-5-6-11(14(15)16)7-12(10)9(2)8-13/h5-7,9H,2-4,8H2,1H3. The average Bonchev–Trinajstić information content (AvgIpc) is 2.28. The number of benzene rings is 1. The van der Waals surface area contributed by atoms with Gasteiger partial charge in [0, 0.05) is 18.1 Å². The molecule has 1 unspecified atom stereocenters. The summed E-state index contributed by atoms with van der Waals surface area (Å²) in [5.74, 6) is -0.526. The van der Waals surface area contributed by atoms with Crippen LogP contribution in [0.4, 0.5) is 10.1 Å². The zero-order valence-corrected chi connectivity index (χ0v) is 9.28. The molecule has 3 nitrogen and oxygen atoms in total. The van der Waals surface area contributed by atoms with E-state index >= 15 is 0 Å². The smallest absolute Gasteiger partial charge is 0.258 e. The SMILES string of the molecule is [CH2]C(CF)c1cc([N+](=O)[O-])ccc1CCC. The Morgan fingerprint density at radius 2 is 2.25 bits per heavy atom. The van der Waals surface area contributed by atoms with Crippen molar-refractivity contribution in [3.8, 4) is 0 Å². The van der Waals surface area contributed by atoms with Crippen molar-refractivity contribution in [3.63, 3.8) is 0 Å². The number of aryl methyl sites for hydroxylation is 1. The molecular formula is C12H15FNO2. The molecule has 0 fully saturated rings. The number of nitro benzene ring substituents is 1. The van der Waals surface area contributed by atoms with Crippen LogP contribution in [0.1, 0.15) is 30.4 Å². The highest BCUT2D eigenvalue weighted by Gasteiger charge is 2.15. The third-order valence-corrected chi connectivity index (χ3v) is 2.49. The first-order valence-corrected chi connectivity index (χ1v) is 5.26. The van der Waals surface area contributed by atoms with E-state index in [-0.39, 0.29) is 5.69 Å². The zero-order valence-electron chi connectivity index (χ0n) is 9.28. The van der Waals surface area contributed by atoms with Crippen LogP contribution in [0.25, 0.3) is 0 Å². The van der Waals surface area contributed by atoms with Gasteiger partial charge in [0.1, 0.15) is 0 Å². The van der Waals surface area contributed by atoms with Crippen molar-refractivity contribution in [2.75, 3.05) is 6.67 Å². The minimum absolute atomic E-state index is 0.00282. The summed E-state index contributed by atoms with van der Waals surface area (Å²) in [7, 11) is 0. The van der Waals surface area contributed by atoms with Gasteiger partial charge in [-0.25, -0.2) is 0 Å². The second-order valence-corrected chi connectivity index (χ2v) is 3.74. The van der Waals surface area contributed by atoms with E-state index in [1.807, 2.05) is 6.92 Å². The van der Waals surface area contributed by atoms with Gasteiger partial charge in [0.25, 0.3) is 5.69 Å². The molecule has 16 heavy (non-hydrogen) atoms. The number of alkyl halides is 1. The molecule has 0 aliphatic carbocycles. The maximum atomic E-state index is 12.6. The zero-order chi connectivity index (χ0) is 12.1. The number of non-ortho nitro benzene ring substituents is 1. The first kappa shape index (κ1) is 12.6. The average molecular weight is 224 g/mol. The Bertz CT molecular complexity index is 379. The Labute approximate surface area is 94.4 Å². The number of hydrogen-bond donors (Lipinski definition) is 0. The van der Waals surface area contributed by atoms with Crippen LogP contribution in [-0.2, 0) is 6.42 Å². The van der Waals surface area contributed by atoms with Crippen molar-refractivity contribution >= 4 is 5.69 Å². The first-order valence-electron chi connectivity index (χ1n) is 5.26. The number of nitro groups is 1. The Kier molecular flexibility index (Phi) is 4.40. The van der Waals surface area contributed by atoms with E-state index in [1.54, 1.807) is 6.07 Å².